The smallest absolute Gasteiger partial charge is 0.0931 e. The van der Waals surface area contributed by atoms with Gasteiger partial charge in [0.2, 0.25) is 0 Å². The van der Waals surface area contributed by atoms with Crippen LogP contribution in [0.4, 0.5) is 0 Å². The second kappa shape index (κ2) is 6.35. The number of para-hydroxylation sites is 1. The first-order chi connectivity index (χ1) is 12.4. The first-order valence-corrected chi connectivity index (χ1v) is 10.0. The van der Waals surface area contributed by atoms with Gasteiger partial charge >= 0.3 is 0 Å². The van der Waals surface area contributed by atoms with Crippen molar-refractivity contribution in [3.05, 3.63) is 65.5 Å². The highest BCUT2D eigenvalue weighted by Crippen LogP contribution is 2.38. The van der Waals surface area contributed by atoms with E-state index in [9.17, 15) is 0 Å². The molecule has 0 saturated carbocycles. The largest absolute Gasteiger partial charge is 0.296 e. The van der Waals surface area contributed by atoms with E-state index in [1.807, 2.05) is 28.7 Å². The van der Waals surface area contributed by atoms with Crippen LogP contribution in [-0.2, 0) is 0 Å². The SMILES string of the molecule is c1ccc2nc(-c3ccc(-c4ccc(C5NCCN5)s4)s3)ccc2c1. The van der Waals surface area contributed by atoms with Crippen molar-refractivity contribution in [3.8, 4) is 20.3 Å². The fraction of sp³-hybridized carbons (Fsp3) is 0.150. The van der Waals surface area contributed by atoms with Crippen LogP contribution in [0, 0.1) is 0 Å². The predicted molar refractivity (Wildman–Crippen MR) is 107 cm³/mol. The molecule has 0 unspecified atom stereocenters. The van der Waals surface area contributed by atoms with E-state index in [1.165, 1.54) is 24.9 Å². The summed E-state index contributed by atoms with van der Waals surface area (Å²) in [5.74, 6) is 0. The molecule has 3 aromatic heterocycles. The zero-order valence-electron chi connectivity index (χ0n) is 13.5. The molecule has 124 valence electrons. The monoisotopic (exact) mass is 363 g/mol. The van der Waals surface area contributed by atoms with Crippen LogP contribution in [0.25, 0.3) is 31.2 Å². The lowest BCUT2D eigenvalue weighted by molar-refractivity contribution is 0.599. The molecule has 2 N–H and O–H groups in total. The fourth-order valence-electron chi connectivity index (χ4n) is 3.16. The first-order valence-electron chi connectivity index (χ1n) is 8.40. The normalized spacial score (nSPS) is 15.2. The molecule has 1 aliphatic rings. The lowest BCUT2D eigenvalue weighted by Gasteiger charge is -2.06. The lowest BCUT2D eigenvalue weighted by atomic mass is 10.2. The van der Waals surface area contributed by atoms with E-state index in [4.69, 9.17) is 4.98 Å². The molecule has 0 atom stereocenters. The number of thiophene rings is 2. The number of nitrogens with zero attached hydrogens (tertiary/aromatic N) is 1. The van der Waals surface area contributed by atoms with E-state index in [1.54, 1.807) is 0 Å². The van der Waals surface area contributed by atoms with E-state index in [0.717, 1.165) is 24.3 Å². The van der Waals surface area contributed by atoms with E-state index < -0.39 is 0 Å². The van der Waals surface area contributed by atoms with Gasteiger partial charge in [-0.25, -0.2) is 4.98 Å². The Hall–Kier alpha value is -2.05. The molecule has 1 fully saturated rings. The van der Waals surface area contributed by atoms with Gasteiger partial charge < -0.3 is 0 Å². The molecule has 0 radical (unpaired) electrons. The number of benzene rings is 1. The van der Waals surface area contributed by atoms with Crippen LogP contribution in [-0.4, -0.2) is 18.1 Å². The predicted octanol–water partition coefficient (Wildman–Crippen LogP) is 4.88. The number of nitrogens with one attached hydrogen (secondary N) is 2. The zero-order chi connectivity index (χ0) is 16.6. The maximum Gasteiger partial charge on any atom is 0.0931 e. The van der Waals surface area contributed by atoms with Gasteiger partial charge in [-0.3, -0.25) is 10.6 Å². The Morgan fingerprint density at radius 1 is 0.760 bits per heavy atom. The van der Waals surface area contributed by atoms with Gasteiger partial charge in [0, 0.05) is 33.1 Å². The van der Waals surface area contributed by atoms with Gasteiger partial charge in [0.05, 0.1) is 22.3 Å². The summed E-state index contributed by atoms with van der Waals surface area (Å²) in [6.07, 6.45) is 0.306. The summed E-state index contributed by atoms with van der Waals surface area (Å²) in [5.41, 5.74) is 2.09. The second-order valence-corrected chi connectivity index (χ2v) is 8.30. The summed E-state index contributed by atoms with van der Waals surface area (Å²) in [7, 11) is 0. The van der Waals surface area contributed by atoms with E-state index in [-0.39, 0.29) is 0 Å². The standard InChI is InChI=1S/C20H17N3S2/c1-2-4-14-13(3-1)5-6-15(23-14)16-7-8-17(24-16)18-9-10-19(25-18)20-21-11-12-22-20/h1-10,20-22H,11-12H2. The van der Waals surface area contributed by atoms with Crippen LogP contribution in [0.5, 0.6) is 0 Å². The molecular formula is C20H17N3S2. The Bertz CT molecular complexity index is 1030. The van der Waals surface area contributed by atoms with Gasteiger partial charge in [0.15, 0.2) is 0 Å². The number of hydrogen-bond donors (Lipinski definition) is 2. The van der Waals surface area contributed by atoms with Crippen LogP contribution in [0.2, 0.25) is 0 Å². The summed E-state index contributed by atoms with van der Waals surface area (Å²) in [6.45, 7) is 2.07. The van der Waals surface area contributed by atoms with Crippen molar-refractivity contribution in [1.82, 2.24) is 15.6 Å². The lowest BCUT2D eigenvalue weighted by Crippen LogP contribution is -2.19. The van der Waals surface area contributed by atoms with Crippen LogP contribution < -0.4 is 10.6 Å². The van der Waals surface area contributed by atoms with Crippen LogP contribution >= 0.6 is 22.7 Å². The molecule has 0 bridgehead atoms. The molecule has 4 aromatic rings. The molecule has 3 nitrogen and oxygen atoms in total. The molecule has 1 aromatic carbocycles. The molecular weight excluding hydrogens is 346 g/mol. The maximum absolute atomic E-state index is 4.81. The molecule has 1 saturated heterocycles. The van der Waals surface area contributed by atoms with Crippen molar-refractivity contribution in [3.63, 3.8) is 0 Å². The molecule has 4 heterocycles. The molecule has 0 aliphatic carbocycles. The quantitative estimate of drug-likeness (QED) is 0.544. The maximum atomic E-state index is 4.81. The van der Waals surface area contributed by atoms with Crippen molar-refractivity contribution < 1.29 is 0 Å². The Balaban J connectivity index is 1.46. The van der Waals surface area contributed by atoms with Gasteiger partial charge in [0.25, 0.3) is 0 Å². The molecule has 25 heavy (non-hydrogen) atoms. The minimum absolute atomic E-state index is 0.306. The Kier molecular flexibility index (Phi) is 3.87. The van der Waals surface area contributed by atoms with Gasteiger partial charge in [-0.05, 0) is 36.4 Å². The number of rotatable bonds is 3. The summed E-state index contributed by atoms with van der Waals surface area (Å²) in [4.78, 5) is 10.0. The highest BCUT2D eigenvalue weighted by molar-refractivity contribution is 7.23. The average molecular weight is 364 g/mol. The Morgan fingerprint density at radius 2 is 1.52 bits per heavy atom. The van der Waals surface area contributed by atoms with Gasteiger partial charge in [-0.1, -0.05) is 24.3 Å². The van der Waals surface area contributed by atoms with Gasteiger partial charge in [0.1, 0.15) is 0 Å². The van der Waals surface area contributed by atoms with Crippen LogP contribution in [0.15, 0.2) is 60.7 Å². The highest BCUT2D eigenvalue weighted by atomic mass is 32.1. The zero-order valence-corrected chi connectivity index (χ0v) is 15.2. The third kappa shape index (κ3) is 2.89. The topological polar surface area (TPSA) is 37.0 Å². The summed E-state index contributed by atoms with van der Waals surface area (Å²) < 4.78 is 0. The van der Waals surface area contributed by atoms with Crippen molar-refractivity contribution in [1.29, 1.82) is 0 Å². The van der Waals surface area contributed by atoms with E-state index >= 15 is 0 Å². The highest BCUT2D eigenvalue weighted by Gasteiger charge is 2.18. The number of pyridine rings is 1. The van der Waals surface area contributed by atoms with Crippen LogP contribution in [0.1, 0.15) is 11.0 Å². The van der Waals surface area contributed by atoms with Crippen molar-refractivity contribution in [2.24, 2.45) is 0 Å². The van der Waals surface area contributed by atoms with Crippen molar-refractivity contribution in [2.75, 3.05) is 13.1 Å². The molecule has 0 spiro atoms. The summed E-state index contributed by atoms with van der Waals surface area (Å²) in [5, 5.41) is 8.14. The van der Waals surface area contributed by atoms with Crippen LogP contribution in [0.3, 0.4) is 0 Å². The minimum atomic E-state index is 0.306. The minimum Gasteiger partial charge on any atom is -0.296 e. The summed E-state index contributed by atoms with van der Waals surface area (Å²) in [6, 6.07) is 21.4. The van der Waals surface area contributed by atoms with Crippen molar-refractivity contribution >= 4 is 33.6 Å². The summed E-state index contributed by atoms with van der Waals surface area (Å²) >= 11 is 3.67. The van der Waals surface area contributed by atoms with Gasteiger partial charge in [-0.2, -0.15) is 0 Å². The third-order valence-electron chi connectivity index (χ3n) is 4.43. The van der Waals surface area contributed by atoms with Gasteiger partial charge in [-0.15, -0.1) is 22.7 Å². The first kappa shape index (κ1) is 15.2. The Morgan fingerprint density at radius 3 is 2.44 bits per heavy atom. The van der Waals surface area contributed by atoms with Crippen molar-refractivity contribution in [2.45, 2.75) is 6.17 Å². The average Bonchev–Trinajstić information content (AvgIpc) is 3.41. The second-order valence-electron chi connectivity index (χ2n) is 6.10. The van der Waals surface area contributed by atoms with E-state index in [2.05, 4.69) is 65.2 Å². The Labute approximate surface area is 154 Å². The number of fused-ring (bicyclic) bond motifs is 1. The molecule has 5 rings (SSSR count). The molecule has 1 aliphatic heterocycles. The number of aromatic nitrogens is 1. The molecule has 0 amide bonds. The van der Waals surface area contributed by atoms with E-state index in [0.29, 0.717) is 6.17 Å². The fourth-order valence-corrected chi connectivity index (χ4v) is 5.28. The molecule has 5 heteroatoms. The number of hydrogen-bond acceptors (Lipinski definition) is 5. The third-order valence-corrected chi connectivity index (χ3v) is 6.89.